The molecule has 1 fully saturated rings. The number of aromatic nitrogens is 4. The van der Waals surface area contributed by atoms with Crippen LogP contribution < -0.4 is 24.4 Å². The van der Waals surface area contributed by atoms with E-state index < -0.39 is 6.09 Å². The Labute approximate surface area is 208 Å². The molecule has 4 heterocycles. The Bertz CT molecular complexity index is 1250. The van der Waals surface area contributed by atoms with Crippen molar-refractivity contribution in [2.24, 2.45) is 0 Å². The average Bonchev–Trinajstić information content (AvgIpc) is 3.60. The summed E-state index contributed by atoms with van der Waals surface area (Å²) in [5.41, 5.74) is 2.43. The van der Waals surface area contributed by atoms with Gasteiger partial charge in [0, 0.05) is 37.3 Å². The first-order valence-corrected chi connectivity index (χ1v) is 11.7. The largest absolute Gasteiger partial charge is 0.493 e. The lowest BCUT2D eigenvalue weighted by Gasteiger charge is -2.28. The second kappa shape index (κ2) is 9.80. The van der Waals surface area contributed by atoms with E-state index in [-0.39, 0.29) is 6.54 Å². The van der Waals surface area contributed by atoms with E-state index in [0.717, 1.165) is 42.9 Å². The third kappa shape index (κ3) is 4.41. The van der Waals surface area contributed by atoms with Crippen LogP contribution in [0.1, 0.15) is 24.1 Å². The molecule has 2 aliphatic rings. The van der Waals surface area contributed by atoms with E-state index in [0.29, 0.717) is 47.8 Å². The smallest absolute Gasteiger partial charge is 0.407 e. The number of fused-ring (bicyclic) bond motifs is 1. The Morgan fingerprint density at radius 1 is 1.03 bits per heavy atom. The SMILES string of the molecule is COc1cc(-n2cnc(Nc3nc(N4CCCC4)nc4c3CCN(C(=O)O)C4)c2)cc(OC)c1OC. The highest BCUT2D eigenvalue weighted by molar-refractivity contribution is 5.67. The van der Waals surface area contributed by atoms with E-state index in [4.69, 9.17) is 24.2 Å². The summed E-state index contributed by atoms with van der Waals surface area (Å²) in [4.78, 5) is 29.2. The molecule has 12 heteroatoms. The van der Waals surface area contributed by atoms with Gasteiger partial charge in [-0.25, -0.2) is 14.8 Å². The van der Waals surface area contributed by atoms with Crippen molar-refractivity contribution in [1.82, 2.24) is 24.4 Å². The van der Waals surface area contributed by atoms with Gasteiger partial charge in [-0.05, 0) is 19.3 Å². The lowest BCUT2D eigenvalue weighted by molar-refractivity contribution is 0.139. The van der Waals surface area contributed by atoms with Crippen LogP contribution in [0.3, 0.4) is 0 Å². The molecule has 190 valence electrons. The van der Waals surface area contributed by atoms with Gasteiger partial charge in [-0.2, -0.15) is 4.98 Å². The Kier molecular flexibility index (Phi) is 6.40. The van der Waals surface area contributed by atoms with Crippen LogP contribution in [-0.2, 0) is 13.0 Å². The predicted molar refractivity (Wildman–Crippen MR) is 132 cm³/mol. The maximum atomic E-state index is 11.6. The molecular weight excluding hydrogens is 466 g/mol. The molecule has 0 atom stereocenters. The minimum atomic E-state index is -0.944. The molecule has 5 rings (SSSR count). The second-order valence-corrected chi connectivity index (χ2v) is 8.62. The lowest BCUT2D eigenvalue weighted by atomic mass is 10.1. The highest BCUT2D eigenvalue weighted by atomic mass is 16.5. The van der Waals surface area contributed by atoms with E-state index in [9.17, 15) is 9.90 Å². The summed E-state index contributed by atoms with van der Waals surface area (Å²) in [5.74, 6) is 3.46. The molecule has 2 N–H and O–H groups in total. The van der Waals surface area contributed by atoms with Gasteiger partial charge in [0.05, 0.1) is 45.5 Å². The van der Waals surface area contributed by atoms with Gasteiger partial charge in [-0.3, -0.25) is 0 Å². The van der Waals surface area contributed by atoms with Gasteiger partial charge in [-0.1, -0.05) is 0 Å². The van der Waals surface area contributed by atoms with E-state index >= 15 is 0 Å². The van der Waals surface area contributed by atoms with Crippen LogP contribution in [-0.4, -0.2) is 76.6 Å². The standard InChI is InChI=1S/C24H29N7O5/c1-34-18-10-15(11-19(35-2)21(18)36-3)31-13-20(25-14-31)27-22-16-6-9-30(24(32)33)12-17(16)26-23(28-22)29-7-4-5-8-29/h10-11,13-14H,4-9,12H2,1-3H3,(H,32,33)(H,26,27,28). The number of carbonyl (C=O) groups is 1. The molecule has 36 heavy (non-hydrogen) atoms. The minimum Gasteiger partial charge on any atom is -0.493 e. The van der Waals surface area contributed by atoms with Gasteiger partial charge in [0.15, 0.2) is 11.5 Å². The van der Waals surface area contributed by atoms with Crippen LogP contribution in [0, 0.1) is 0 Å². The Morgan fingerprint density at radius 3 is 2.39 bits per heavy atom. The van der Waals surface area contributed by atoms with Gasteiger partial charge in [0.25, 0.3) is 0 Å². The number of benzene rings is 1. The number of rotatable bonds is 7. The number of hydrogen-bond donors (Lipinski definition) is 2. The first kappa shape index (κ1) is 23.5. The van der Waals surface area contributed by atoms with Gasteiger partial charge < -0.3 is 39.0 Å². The summed E-state index contributed by atoms with van der Waals surface area (Å²) in [6, 6.07) is 3.68. The first-order valence-electron chi connectivity index (χ1n) is 11.7. The Hall–Kier alpha value is -4.22. The number of nitrogens with one attached hydrogen (secondary N) is 1. The summed E-state index contributed by atoms with van der Waals surface area (Å²) in [6.45, 7) is 2.40. The van der Waals surface area contributed by atoms with E-state index in [1.54, 1.807) is 27.7 Å². The summed E-state index contributed by atoms with van der Waals surface area (Å²) < 4.78 is 18.2. The number of ether oxygens (including phenoxy) is 3. The number of amides is 1. The molecule has 0 bridgehead atoms. The van der Waals surface area contributed by atoms with Crippen LogP contribution in [0.4, 0.5) is 22.4 Å². The highest BCUT2D eigenvalue weighted by Gasteiger charge is 2.27. The van der Waals surface area contributed by atoms with Crippen molar-refractivity contribution >= 4 is 23.7 Å². The van der Waals surface area contributed by atoms with Gasteiger partial charge in [0.1, 0.15) is 18.0 Å². The fraction of sp³-hybridized carbons (Fsp3) is 0.417. The molecule has 2 aromatic heterocycles. The molecule has 1 aromatic carbocycles. The van der Waals surface area contributed by atoms with Gasteiger partial charge in [0.2, 0.25) is 11.7 Å². The Morgan fingerprint density at radius 2 is 1.75 bits per heavy atom. The zero-order valence-corrected chi connectivity index (χ0v) is 20.5. The Balaban J connectivity index is 1.47. The van der Waals surface area contributed by atoms with E-state index in [1.807, 2.05) is 22.9 Å². The molecule has 3 aromatic rings. The quantitative estimate of drug-likeness (QED) is 0.505. The predicted octanol–water partition coefficient (Wildman–Crippen LogP) is 3.07. The third-order valence-electron chi connectivity index (χ3n) is 6.49. The maximum Gasteiger partial charge on any atom is 0.407 e. The fourth-order valence-electron chi connectivity index (χ4n) is 4.61. The van der Waals surface area contributed by atoms with Crippen molar-refractivity contribution in [3.05, 3.63) is 35.9 Å². The maximum absolute atomic E-state index is 11.6. The van der Waals surface area contributed by atoms with Crippen molar-refractivity contribution in [2.45, 2.75) is 25.8 Å². The fourth-order valence-corrected chi connectivity index (χ4v) is 4.61. The van der Waals surface area contributed by atoms with E-state index in [2.05, 4.69) is 15.2 Å². The van der Waals surface area contributed by atoms with Crippen molar-refractivity contribution in [3.8, 4) is 22.9 Å². The van der Waals surface area contributed by atoms with Gasteiger partial charge in [-0.15, -0.1) is 0 Å². The number of anilines is 3. The minimum absolute atomic E-state index is 0.239. The van der Waals surface area contributed by atoms with Crippen LogP contribution in [0.2, 0.25) is 0 Å². The molecule has 12 nitrogen and oxygen atoms in total. The third-order valence-corrected chi connectivity index (χ3v) is 6.49. The van der Waals surface area contributed by atoms with Gasteiger partial charge >= 0.3 is 6.09 Å². The molecule has 2 aliphatic heterocycles. The van der Waals surface area contributed by atoms with Crippen LogP contribution >= 0.6 is 0 Å². The molecule has 0 radical (unpaired) electrons. The number of imidazole rings is 1. The zero-order valence-electron chi connectivity index (χ0n) is 20.5. The topological polar surface area (TPSA) is 127 Å². The number of methoxy groups -OCH3 is 3. The number of carboxylic acid groups (broad SMARTS) is 1. The lowest BCUT2D eigenvalue weighted by Crippen LogP contribution is -2.36. The van der Waals surface area contributed by atoms with Crippen molar-refractivity contribution in [1.29, 1.82) is 0 Å². The highest BCUT2D eigenvalue weighted by Crippen LogP contribution is 2.39. The van der Waals surface area contributed by atoms with Crippen molar-refractivity contribution < 1.29 is 24.1 Å². The summed E-state index contributed by atoms with van der Waals surface area (Å²) in [7, 11) is 4.71. The zero-order chi connectivity index (χ0) is 25.2. The van der Waals surface area contributed by atoms with Crippen LogP contribution in [0.25, 0.3) is 5.69 Å². The summed E-state index contributed by atoms with van der Waals surface area (Å²) in [5, 5.41) is 12.8. The molecule has 1 amide bonds. The number of nitrogens with zero attached hydrogens (tertiary/aromatic N) is 6. The summed E-state index contributed by atoms with van der Waals surface area (Å²) in [6.07, 6.45) is 5.28. The molecule has 0 unspecified atom stereocenters. The molecule has 0 saturated carbocycles. The number of hydrogen-bond acceptors (Lipinski definition) is 9. The molecular formula is C24H29N7O5. The first-order chi connectivity index (χ1) is 17.5. The van der Waals surface area contributed by atoms with Crippen LogP contribution in [0.5, 0.6) is 17.2 Å². The molecule has 0 spiro atoms. The molecule has 0 aliphatic carbocycles. The van der Waals surface area contributed by atoms with Crippen molar-refractivity contribution in [3.63, 3.8) is 0 Å². The average molecular weight is 496 g/mol. The normalized spacial score (nSPS) is 15.0. The van der Waals surface area contributed by atoms with Crippen molar-refractivity contribution in [2.75, 3.05) is 51.2 Å². The second-order valence-electron chi connectivity index (χ2n) is 8.62. The summed E-state index contributed by atoms with van der Waals surface area (Å²) >= 11 is 0. The van der Waals surface area contributed by atoms with Crippen LogP contribution in [0.15, 0.2) is 24.7 Å². The monoisotopic (exact) mass is 495 g/mol. The van der Waals surface area contributed by atoms with E-state index in [1.165, 1.54) is 4.90 Å². The molecule has 1 saturated heterocycles.